The molecular formula is C17H22N2O2. The molecule has 1 aliphatic carbocycles. The molecule has 0 bridgehead atoms. The van der Waals surface area contributed by atoms with Crippen LogP contribution in [0.4, 0.5) is 0 Å². The Balaban J connectivity index is 2.07. The van der Waals surface area contributed by atoms with Crippen molar-refractivity contribution in [3.63, 3.8) is 0 Å². The van der Waals surface area contributed by atoms with Gasteiger partial charge in [0, 0.05) is 13.1 Å². The summed E-state index contributed by atoms with van der Waals surface area (Å²) in [5, 5.41) is 18.7. The predicted octanol–water partition coefficient (Wildman–Crippen LogP) is 2.46. The van der Waals surface area contributed by atoms with Gasteiger partial charge in [0.1, 0.15) is 0 Å². The SMILES string of the molecule is CCCN(Cc1ccc(C#N)cc1)C(=O)C1CCCC1O. The van der Waals surface area contributed by atoms with Crippen molar-refractivity contribution >= 4 is 5.91 Å². The molecule has 1 saturated carbocycles. The summed E-state index contributed by atoms with van der Waals surface area (Å²) in [6.07, 6.45) is 2.85. The van der Waals surface area contributed by atoms with Crippen LogP contribution in [0.3, 0.4) is 0 Å². The zero-order chi connectivity index (χ0) is 15.2. The van der Waals surface area contributed by atoms with Gasteiger partial charge >= 0.3 is 0 Å². The van der Waals surface area contributed by atoms with Crippen molar-refractivity contribution in [1.82, 2.24) is 4.90 Å². The van der Waals surface area contributed by atoms with E-state index in [9.17, 15) is 9.90 Å². The van der Waals surface area contributed by atoms with Gasteiger partial charge in [0.05, 0.1) is 23.7 Å². The van der Waals surface area contributed by atoms with E-state index in [1.54, 1.807) is 12.1 Å². The van der Waals surface area contributed by atoms with Crippen LogP contribution in [0.2, 0.25) is 0 Å². The van der Waals surface area contributed by atoms with Gasteiger partial charge in [-0.1, -0.05) is 19.1 Å². The summed E-state index contributed by atoms with van der Waals surface area (Å²) in [5.74, 6) is -0.179. The molecule has 0 spiro atoms. The normalized spacial score (nSPS) is 21.0. The number of aliphatic hydroxyl groups is 1. The third kappa shape index (κ3) is 3.83. The lowest BCUT2D eigenvalue weighted by Gasteiger charge is -2.26. The van der Waals surface area contributed by atoms with Gasteiger partial charge in [-0.2, -0.15) is 5.26 Å². The van der Waals surface area contributed by atoms with Crippen molar-refractivity contribution in [2.45, 2.75) is 45.3 Å². The molecule has 1 N–H and O–H groups in total. The smallest absolute Gasteiger partial charge is 0.228 e. The first kappa shape index (κ1) is 15.5. The van der Waals surface area contributed by atoms with Gasteiger partial charge in [0.2, 0.25) is 5.91 Å². The summed E-state index contributed by atoms with van der Waals surface area (Å²) < 4.78 is 0. The summed E-state index contributed by atoms with van der Waals surface area (Å²) in [6.45, 7) is 3.29. The molecule has 0 radical (unpaired) electrons. The molecule has 0 saturated heterocycles. The van der Waals surface area contributed by atoms with Crippen molar-refractivity contribution in [2.75, 3.05) is 6.54 Å². The summed E-state index contributed by atoms with van der Waals surface area (Å²) in [6, 6.07) is 9.41. The number of amides is 1. The predicted molar refractivity (Wildman–Crippen MR) is 80.2 cm³/mol. The number of nitrogens with zero attached hydrogens (tertiary/aromatic N) is 2. The topological polar surface area (TPSA) is 64.3 Å². The molecule has 0 aromatic heterocycles. The molecule has 1 aromatic carbocycles. The number of aliphatic hydroxyl groups excluding tert-OH is 1. The van der Waals surface area contributed by atoms with Crippen molar-refractivity contribution in [3.05, 3.63) is 35.4 Å². The number of nitriles is 1. The standard InChI is InChI=1S/C17H22N2O2/c1-2-10-19(17(21)15-4-3-5-16(15)20)12-14-8-6-13(11-18)7-9-14/h6-9,15-16,20H,2-5,10,12H2,1H3. The lowest BCUT2D eigenvalue weighted by atomic mass is 10.0. The van der Waals surface area contributed by atoms with Crippen molar-refractivity contribution < 1.29 is 9.90 Å². The first-order valence-electron chi connectivity index (χ1n) is 7.61. The maximum Gasteiger partial charge on any atom is 0.228 e. The van der Waals surface area contributed by atoms with E-state index in [0.29, 0.717) is 18.7 Å². The summed E-state index contributed by atoms with van der Waals surface area (Å²) in [4.78, 5) is 14.4. The Morgan fingerprint density at radius 1 is 1.38 bits per heavy atom. The zero-order valence-corrected chi connectivity index (χ0v) is 12.5. The fraction of sp³-hybridized carbons (Fsp3) is 0.529. The third-order valence-corrected chi connectivity index (χ3v) is 4.06. The minimum Gasteiger partial charge on any atom is -0.392 e. The van der Waals surface area contributed by atoms with Gasteiger partial charge in [0.25, 0.3) is 0 Å². The molecule has 21 heavy (non-hydrogen) atoms. The number of hydrogen-bond donors (Lipinski definition) is 1. The zero-order valence-electron chi connectivity index (χ0n) is 12.5. The molecule has 4 heteroatoms. The Morgan fingerprint density at radius 2 is 2.10 bits per heavy atom. The van der Waals surface area contributed by atoms with Crippen LogP contribution in [0.1, 0.15) is 43.7 Å². The largest absolute Gasteiger partial charge is 0.392 e. The average Bonchev–Trinajstić information content (AvgIpc) is 2.93. The number of benzene rings is 1. The number of rotatable bonds is 5. The van der Waals surface area contributed by atoms with E-state index in [4.69, 9.17) is 5.26 Å². The van der Waals surface area contributed by atoms with Gasteiger partial charge in [-0.05, 0) is 43.4 Å². The Hall–Kier alpha value is -1.86. The minimum absolute atomic E-state index is 0.0613. The van der Waals surface area contributed by atoms with E-state index in [2.05, 4.69) is 6.07 Å². The minimum atomic E-state index is -0.488. The van der Waals surface area contributed by atoms with Gasteiger partial charge in [0.15, 0.2) is 0 Å². The maximum atomic E-state index is 12.6. The van der Waals surface area contributed by atoms with Crippen LogP contribution in [-0.2, 0) is 11.3 Å². The highest BCUT2D eigenvalue weighted by molar-refractivity contribution is 5.79. The lowest BCUT2D eigenvalue weighted by Crippen LogP contribution is -2.39. The quantitative estimate of drug-likeness (QED) is 0.904. The van der Waals surface area contributed by atoms with E-state index < -0.39 is 6.10 Å². The number of carbonyl (C=O) groups is 1. The second-order valence-corrected chi connectivity index (χ2v) is 5.67. The fourth-order valence-corrected chi connectivity index (χ4v) is 2.91. The highest BCUT2D eigenvalue weighted by atomic mass is 16.3. The van der Waals surface area contributed by atoms with Crippen LogP contribution < -0.4 is 0 Å². The molecule has 2 unspecified atom stereocenters. The fourth-order valence-electron chi connectivity index (χ4n) is 2.91. The van der Waals surface area contributed by atoms with Crippen LogP contribution in [0, 0.1) is 17.2 Å². The Kier molecular flexibility index (Phi) is 5.35. The van der Waals surface area contributed by atoms with Crippen molar-refractivity contribution in [1.29, 1.82) is 5.26 Å². The number of carbonyl (C=O) groups excluding carboxylic acids is 1. The van der Waals surface area contributed by atoms with Gasteiger partial charge < -0.3 is 10.0 Å². The Morgan fingerprint density at radius 3 is 2.62 bits per heavy atom. The van der Waals surface area contributed by atoms with Crippen LogP contribution in [0.25, 0.3) is 0 Å². The van der Waals surface area contributed by atoms with E-state index in [1.807, 2.05) is 24.0 Å². The summed E-state index contributed by atoms with van der Waals surface area (Å²) in [7, 11) is 0. The van der Waals surface area contributed by atoms with Crippen LogP contribution >= 0.6 is 0 Å². The van der Waals surface area contributed by atoms with Gasteiger partial charge in [-0.25, -0.2) is 0 Å². The molecule has 1 aliphatic rings. The molecule has 0 aliphatic heterocycles. The molecular weight excluding hydrogens is 264 g/mol. The second kappa shape index (κ2) is 7.24. The molecule has 2 atom stereocenters. The summed E-state index contributed by atoms with van der Waals surface area (Å²) in [5.41, 5.74) is 1.64. The van der Waals surface area contributed by atoms with E-state index >= 15 is 0 Å². The Bertz CT molecular complexity index is 519. The monoisotopic (exact) mass is 286 g/mol. The first-order valence-corrected chi connectivity index (χ1v) is 7.61. The third-order valence-electron chi connectivity index (χ3n) is 4.06. The number of hydrogen-bond acceptors (Lipinski definition) is 3. The summed E-state index contributed by atoms with van der Waals surface area (Å²) >= 11 is 0. The molecule has 0 heterocycles. The van der Waals surface area contributed by atoms with E-state index in [0.717, 1.165) is 31.2 Å². The molecule has 1 aromatic rings. The van der Waals surface area contributed by atoms with E-state index in [-0.39, 0.29) is 11.8 Å². The lowest BCUT2D eigenvalue weighted by molar-refractivity contribution is -0.138. The van der Waals surface area contributed by atoms with Crippen LogP contribution in [-0.4, -0.2) is 28.6 Å². The molecule has 1 fully saturated rings. The van der Waals surface area contributed by atoms with Crippen LogP contribution in [0.15, 0.2) is 24.3 Å². The first-order chi connectivity index (χ1) is 10.2. The highest BCUT2D eigenvalue weighted by Crippen LogP contribution is 2.28. The molecule has 1 amide bonds. The second-order valence-electron chi connectivity index (χ2n) is 5.67. The van der Waals surface area contributed by atoms with Crippen molar-refractivity contribution in [2.24, 2.45) is 5.92 Å². The Labute approximate surface area is 126 Å². The van der Waals surface area contributed by atoms with Crippen LogP contribution in [0.5, 0.6) is 0 Å². The molecule has 2 rings (SSSR count). The van der Waals surface area contributed by atoms with Crippen molar-refractivity contribution in [3.8, 4) is 6.07 Å². The average molecular weight is 286 g/mol. The molecule has 4 nitrogen and oxygen atoms in total. The maximum absolute atomic E-state index is 12.6. The van der Waals surface area contributed by atoms with Gasteiger partial charge in [-0.15, -0.1) is 0 Å². The van der Waals surface area contributed by atoms with E-state index in [1.165, 1.54) is 0 Å². The highest BCUT2D eigenvalue weighted by Gasteiger charge is 2.34. The van der Waals surface area contributed by atoms with Gasteiger partial charge in [-0.3, -0.25) is 4.79 Å². The molecule has 112 valence electrons.